The number of thiophene rings is 1. The van der Waals surface area contributed by atoms with Crippen molar-refractivity contribution in [3.63, 3.8) is 0 Å². The minimum absolute atomic E-state index is 0.0692. The van der Waals surface area contributed by atoms with E-state index in [-0.39, 0.29) is 5.02 Å². The Balaban J connectivity index is 2.14. The maximum absolute atomic E-state index is 12.6. The summed E-state index contributed by atoms with van der Waals surface area (Å²) in [6.45, 7) is 2.46. The fourth-order valence-electron chi connectivity index (χ4n) is 1.62. The van der Waals surface area contributed by atoms with Crippen molar-refractivity contribution >= 4 is 28.6 Å². The lowest BCUT2D eigenvalue weighted by atomic mass is 10.2. The molecule has 0 amide bonds. The summed E-state index contributed by atoms with van der Waals surface area (Å²) in [6, 6.07) is 7.38. The third-order valence-corrected chi connectivity index (χ3v) is 3.71. The molecule has 0 aliphatic heterocycles. The summed E-state index contributed by atoms with van der Waals surface area (Å²) in [5.74, 6) is 0. The van der Waals surface area contributed by atoms with Crippen molar-refractivity contribution in [3.8, 4) is 0 Å². The lowest BCUT2D eigenvalue weighted by Crippen LogP contribution is -2.06. The van der Waals surface area contributed by atoms with Gasteiger partial charge in [-0.15, -0.1) is 11.3 Å². The van der Waals surface area contributed by atoms with E-state index in [1.54, 1.807) is 11.3 Å². The Labute approximate surface area is 118 Å². The van der Waals surface area contributed by atoms with Crippen molar-refractivity contribution in [2.45, 2.75) is 19.6 Å². The number of anilines is 1. The van der Waals surface area contributed by atoms with Crippen molar-refractivity contribution in [1.29, 1.82) is 0 Å². The van der Waals surface area contributed by atoms with Gasteiger partial charge in [0.25, 0.3) is 0 Å². The molecule has 0 atom stereocenters. The van der Waals surface area contributed by atoms with Gasteiger partial charge in [-0.1, -0.05) is 11.6 Å². The highest BCUT2D eigenvalue weighted by Gasteiger charge is 2.31. The van der Waals surface area contributed by atoms with Crippen LogP contribution in [0.3, 0.4) is 0 Å². The molecule has 0 radical (unpaired) electrons. The van der Waals surface area contributed by atoms with E-state index in [0.717, 1.165) is 17.0 Å². The number of aryl methyl sites for hydroxylation is 1. The smallest absolute Gasteiger partial charge is 0.380 e. The molecule has 1 N–H and O–H groups in total. The molecule has 0 aliphatic carbocycles. The van der Waals surface area contributed by atoms with Crippen molar-refractivity contribution in [3.05, 3.63) is 50.7 Å². The average Bonchev–Trinajstić information content (AvgIpc) is 2.71. The van der Waals surface area contributed by atoms with E-state index in [0.29, 0.717) is 12.2 Å². The van der Waals surface area contributed by atoms with Crippen LogP contribution in [0.15, 0.2) is 30.3 Å². The first kappa shape index (κ1) is 14.2. The normalized spacial score (nSPS) is 11.6. The molecule has 1 nitrogen and oxygen atoms in total. The Hall–Kier alpha value is -1.20. The highest BCUT2D eigenvalue weighted by Crippen LogP contribution is 2.33. The average molecular weight is 306 g/mol. The quantitative estimate of drug-likeness (QED) is 0.807. The largest absolute Gasteiger partial charge is 0.416 e. The number of alkyl halides is 3. The van der Waals surface area contributed by atoms with Crippen LogP contribution in [0, 0.1) is 6.92 Å². The summed E-state index contributed by atoms with van der Waals surface area (Å²) < 4.78 is 37.9. The Bertz CT molecular complexity index is 578. The third kappa shape index (κ3) is 3.88. The zero-order chi connectivity index (χ0) is 14.0. The maximum atomic E-state index is 12.6. The second kappa shape index (κ2) is 5.43. The predicted octanol–water partition coefficient (Wildman–Crippen LogP) is 5.34. The number of nitrogens with one attached hydrogen (secondary N) is 1. The minimum Gasteiger partial charge on any atom is -0.380 e. The summed E-state index contributed by atoms with van der Waals surface area (Å²) >= 11 is 7.31. The first-order valence-corrected chi connectivity index (χ1v) is 6.71. The van der Waals surface area contributed by atoms with Crippen molar-refractivity contribution in [2.75, 3.05) is 5.32 Å². The fourth-order valence-corrected chi connectivity index (χ4v) is 2.69. The maximum Gasteiger partial charge on any atom is 0.416 e. The molecule has 2 aromatic rings. The molecule has 2 rings (SSSR count). The van der Waals surface area contributed by atoms with E-state index < -0.39 is 11.7 Å². The number of benzene rings is 1. The van der Waals surface area contributed by atoms with Crippen LogP contribution in [0.4, 0.5) is 18.9 Å². The lowest BCUT2D eigenvalue weighted by molar-refractivity contribution is -0.137. The molecule has 0 spiro atoms. The first-order chi connectivity index (χ1) is 8.84. The van der Waals surface area contributed by atoms with Gasteiger partial charge in [0.2, 0.25) is 0 Å². The van der Waals surface area contributed by atoms with Gasteiger partial charge in [-0.2, -0.15) is 13.2 Å². The molecule has 1 heterocycles. The molecular formula is C13H11ClF3NS. The monoisotopic (exact) mass is 305 g/mol. The van der Waals surface area contributed by atoms with Crippen LogP contribution in [0.5, 0.6) is 0 Å². The lowest BCUT2D eigenvalue weighted by Gasteiger charge is -2.11. The van der Waals surface area contributed by atoms with E-state index >= 15 is 0 Å². The Kier molecular flexibility index (Phi) is 4.06. The molecule has 0 aliphatic rings. The number of rotatable bonds is 3. The second-order valence-corrected chi connectivity index (χ2v) is 5.90. The van der Waals surface area contributed by atoms with E-state index in [1.807, 2.05) is 19.1 Å². The zero-order valence-electron chi connectivity index (χ0n) is 10.0. The van der Waals surface area contributed by atoms with E-state index in [4.69, 9.17) is 11.6 Å². The minimum atomic E-state index is -4.39. The molecule has 0 saturated carbocycles. The topological polar surface area (TPSA) is 12.0 Å². The van der Waals surface area contributed by atoms with Gasteiger partial charge >= 0.3 is 6.18 Å². The summed E-state index contributed by atoms with van der Waals surface area (Å²) in [4.78, 5) is 2.23. The van der Waals surface area contributed by atoms with Crippen LogP contribution < -0.4 is 5.32 Å². The molecule has 6 heteroatoms. The molecule has 19 heavy (non-hydrogen) atoms. The highest BCUT2D eigenvalue weighted by molar-refractivity contribution is 7.11. The molecule has 0 saturated heterocycles. The van der Waals surface area contributed by atoms with Gasteiger partial charge in [0.1, 0.15) is 0 Å². The van der Waals surface area contributed by atoms with Crippen molar-refractivity contribution in [1.82, 2.24) is 0 Å². The molecule has 0 unspecified atom stereocenters. The molecule has 0 fully saturated rings. The van der Waals surface area contributed by atoms with Gasteiger partial charge in [-0.3, -0.25) is 0 Å². The first-order valence-electron chi connectivity index (χ1n) is 5.51. The molecular weight excluding hydrogens is 295 g/mol. The van der Waals surface area contributed by atoms with Crippen LogP contribution in [-0.4, -0.2) is 0 Å². The van der Waals surface area contributed by atoms with Crippen LogP contribution in [-0.2, 0) is 12.7 Å². The third-order valence-electron chi connectivity index (χ3n) is 2.49. The van der Waals surface area contributed by atoms with Crippen LogP contribution >= 0.6 is 22.9 Å². The van der Waals surface area contributed by atoms with E-state index in [2.05, 4.69) is 5.32 Å². The molecule has 0 bridgehead atoms. The van der Waals surface area contributed by atoms with Gasteiger partial charge in [0, 0.05) is 27.0 Å². The van der Waals surface area contributed by atoms with E-state index in [9.17, 15) is 13.2 Å². The Morgan fingerprint density at radius 1 is 1.21 bits per heavy atom. The van der Waals surface area contributed by atoms with Crippen molar-refractivity contribution < 1.29 is 13.2 Å². The van der Waals surface area contributed by atoms with Crippen LogP contribution in [0.25, 0.3) is 0 Å². The summed E-state index contributed by atoms with van der Waals surface area (Å²) in [6.07, 6.45) is -4.39. The second-order valence-electron chi connectivity index (χ2n) is 4.09. The van der Waals surface area contributed by atoms with Crippen molar-refractivity contribution in [2.24, 2.45) is 0 Å². The number of hydrogen-bond donors (Lipinski definition) is 1. The fraction of sp³-hybridized carbons (Fsp3) is 0.231. The number of halogens is 4. The van der Waals surface area contributed by atoms with Crippen LogP contribution in [0.1, 0.15) is 15.3 Å². The Morgan fingerprint density at radius 2 is 1.95 bits per heavy atom. The molecule has 1 aromatic carbocycles. The molecule has 1 aromatic heterocycles. The summed E-state index contributed by atoms with van der Waals surface area (Å²) in [5.41, 5.74) is -0.379. The Morgan fingerprint density at radius 3 is 2.53 bits per heavy atom. The van der Waals surface area contributed by atoms with Crippen LogP contribution in [0.2, 0.25) is 5.02 Å². The SMILES string of the molecule is Cc1ccc(CNc2cc(Cl)cc(C(F)(F)F)c2)s1. The van der Waals surface area contributed by atoms with Gasteiger partial charge in [0.05, 0.1) is 5.56 Å². The van der Waals surface area contributed by atoms with Gasteiger partial charge in [-0.05, 0) is 37.3 Å². The van der Waals surface area contributed by atoms with Gasteiger partial charge < -0.3 is 5.32 Å². The zero-order valence-corrected chi connectivity index (χ0v) is 11.6. The summed E-state index contributed by atoms with van der Waals surface area (Å²) in [5, 5.41) is 3.02. The number of hydrogen-bond acceptors (Lipinski definition) is 2. The van der Waals surface area contributed by atoms with E-state index in [1.165, 1.54) is 10.9 Å². The van der Waals surface area contributed by atoms with Gasteiger partial charge in [-0.25, -0.2) is 0 Å². The van der Waals surface area contributed by atoms with Gasteiger partial charge in [0.15, 0.2) is 0 Å². The summed E-state index contributed by atoms with van der Waals surface area (Å²) in [7, 11) is 0. The predicted molar refractivity (Wildman–Crippen MR) is 72.8 cm³/mol. The standard InChI is InChI=1S/C13H11ClF3NS/c1-8-2-3-12(19-8)7-18-11-5-9(13(15,16)17)4-10(14)6-11/h2-6,18H,7H2,1H3. The highest BCUT2D eigenvalue weighted by atomic mass is 35.5. The molecule has 102 valence electrons.